The Morgan fingerprint density at radius 2 is 1.33 bits per heavy atom. The van der Waals surface area contributed by atoms with Crippen molar-refractivity contribution in [2.75, 3.05) is 10.2 Å². The lowest BCUT2D eigenvalue weighted by atomic mass is 10.0. The number of fused-ring (bicyclic) bond motifs is 2. The minimum Gasteiger partial charge on any atom is -0.352 e. The predicted octanol–water partition coefficient (Wildman–Crippen LogP) is 4.96. The molecule has 1 N–H and O–H groups in total. The van der Waals surface area contributed by atoms with Crippen molar-refractivity contribution in [1.29, 1.82) is 10.5 Å². The van der Waals surface area contributed by atoms with Gasteiger partial charge in [0.15, 0.2) is 0 Å². The average Bonchev–Trinajstić information content (AvgIpc) is 2.65. The molecule has 0 spiro atoms. The van der Waals surface area contributed by atoms with Gasteiger partial charge in [-0.25, -0.2) is 0 Å². The molecule has 3 aromatic rings. The molecule has 0 bridgehead atoms. The maximum atomic E-state index is 9.56. The van der Waals surface area contributed by atoms with E-state index in [1.54, 1.807) is 12.1 Å². The first-order chi connectivity index (χ1) is 11.8. The summed E-state index contributed by atoms with van der Waals surface area (Å²) in [5.74, 6) is 0. The molecule has 0 amide bonds. The van der Waals surface area contributed by atoms with Crippen molar-refractivity contribution < 1.29 is 0 Å². The fraction of sp³-hybridized carbons (Fsp3) is 0. The molecule has 4 rings (SSSR count). The molecule has 1 aliphatic heterocycles. The van der Waals surface area contributed by atoms with Gasteiger partial charge in [0.1, 0.15) is 6.07 Å². The minimum atomic E-state index is 0.473. The van der Waals surface area contributed by atoms with Crippen LogP contribution in [0.4, 0.5) is 28.4 Å². The highest BCUT2D eigenvalue weighted by Crippen LogP contribution is 2.48. The van der Waals surface area contributed by atoms with Crippen LogP contribution in [0.15, 0.2) is 66.7 Å². The summed E-state index contributed by atoms with van der Waals surface area (Å²) in [6.45, 7) is 0. The molecule has 1 heterocycles. The largest absolute Gasteiger partial charge is 0.352 e. The Morgan fingerprint density at radius 3 is 1.92 bits per heavy atom. The number of anilines is 5. The molecule has 1 aliphatic rings. The Hall–Kier alpha value is -3.76. The van der Waals surface area contributed by atoms with Gasteiger partial charge in [0.25, 0.3) is 0 Å². The lowest BCUT2D eigenvalue weighted by Crippen LogP contribution is -2.18. The van der Waals surface area contributed by atoms with Crippen LogP contribution < -0.4 is 10.2 Å². The van der Waals surface area contributed by atoms with Crippen LogP contribution in [0, 0.1) is 22.7 Å². The van der Waals surface area contributed by atoms with Crippen LogP contribution in [0.25, 0.3) is 0 Å². The molecule has 112 valence electrons. The van der Waals surface area contributed by atoms with E-state index >= 15 is 0 Å². The smallest absolute Gasteiger partial charge is 0.101 e. The number of benzene rings is 3. The van der Waals surface area contributed by atoms with Crippen molar-refractivity contribution in [2.45, 2.75) is 0 Å². The Balaban J connectivity index is 2.00. The van der Waals surface area contributed by atoms with Gasteiger partial charge in [0.05, 0.1) is 45.6 Å². The van der Waals surface area contributed by atoms with E-state index in [1.165, 1.54) is 0 Å². The number of rotatable bonds is 1. The van der Waals surface area contributed by atoms with E-state index in [2.05, 4.69) is 22.4 Å². The maximum absolute atomic E-state index is 9.56. The van der Waals surface area contributed by atoms with Crippen molar-refractivity contribution in [2.24, 2.45) is 0 Å². The highest BCUT2D eigenvalue weighted by atomic mass is 15.2. The summed E-state index contributed by atoms with van der Waals surface area (Å²) in [5.41, 5.74) is 5.61. The quantitative estimate of drug-likeness (QED) is 0.540. The average molecular weight is 308 g/mol. The van der Waals surface area contributed by atoms with Crippen LogP contribution >= 0.6 is 0 Å². The fourth-order valence-corrected chi connectivity index (χ4v) is 2.97. The van der Waals surface area contributed by atoms with Crippen LogP contribution in [0.5, 0.6) is 0 Å². The zero-order chi connectivity index (χ0) is 16.5. The zero-order valence-corrected chi connectivity index (χ0v) is 12.7. The highest BCUT2D eigenvalue weighted by Gasteiger charge is 2.25. The SMILES string of the molecule is N#Cc1ccc(N2c3ccccc3Nc3ccccc32)c(C#N)c1. The molecule has 24 heavy (non-hydrogen) atoms. The van der Waals surface area contributed by atoms with Gasteiger partial charge in [-0.15, -0.1) is 0 Å². The Kier molecular flexibility index (Phi) is 3.16. The molecule has 0 unspecified atom stereocenters. The van der Waals surface area contributed by atoms with Crippen molar-refractivity contribution in [3.05, 3.63) is 77.9 Å². The van der Waals surface area contributed by atoms with Gasteiger partial charge in [0, 0.05) is 0 Å². The minimum absolute atomic E-state index is 0.473. The fourth-order valence-electron chi connectivity index (χ4n) is 2.97. The van der Waals surface area contributed by atoms with Gasteiger partial charge in [-0.05, 0) is 42.5 Å². The van der Waals surface area contributed by atoms with Gasteiger partial charge in [-0.3, -0.25) is 0 Å². The van der Waals surface area contributed by atoms with Crippen molar-refractivity contribution in [1.82, 2.24) is 0 Å². The number of nitriles is 2. The standard InChI is InChI=1S/C20H12N4/c21-12-14-9-10-18(15(11-14)13-22)24-19-7-3-1-5-16(19)23-17-6-2-4-8-20(17)24/h1-11,23H. The number of hydrogen-bond donors (Lipinski definition) is 1. The Morgan fingerprint density at radius 1 is 0.708 bits per heavy atom. The zero-order valence-electron chi connectivity index (χ0n) is 12.7. The third kappa shape index (κ3) is 2.06. The second kappa shape index (κ2) is 5.46. The Labute approximate surface area is 139 Å². The highest BCUT2D eigenvalue weighted by molar-refractivity contribution is 5.97. The molecule has 0 saturated heterocycles. The summed E-state index contributed by atoms with van der Waals surface area (Å²) in [7, 11) is 0. The van der Waals surface area contributed by atoms with E-state index in [9.17, 15) is 5.26 Å². The van der Waals surface area contributed by atoms with Gasteiger partial charge in [-0.1, -0.05) is 24.3 Å². The number of hydrogen-bond acceptors (Lipinski definition) is 4. The Bertz CT molecular complexity index is 979. The van der Waals surface area contributed by atoms with Crippen LogP contribution in [0.3, 0.4) is 0 Å². The molecule has 0 radical (unpaired) electrons. The second-order valence-electron chi connectivity index (χ2n) is 5.45. The molecule has 4 heteroatoms. The summed E-state index contributed by atoms with van der Waals surface area (Å²) in [4.78, 5) is 2.06. The summed E-state index contributed by atoms with van der Waals surface area (Å²) >= 11 is 0. The van der Waals surface area contributed by atoms with Gasteiger partial charge in [-0.2, -0.15) is 10.5 Å². The van der Waals surface area contributed by atoms with Gasteiger partial charge < -0.3 is 10.2 Å². The first-order valence-electron chi connectivity index (χ1n) is 7.51. The summed E-state index contributed by atoms with van der Waals surface area (Å²) in [5, 5.41) is 22.1. The third-order valence-corrected chi connectivity index (χ3v) is 4.05. The first kappa shape index (κ1) is 13.9. The molecule has 0 aromatic heterocycles. The van der Waals surface area contributed by atoms with E-state index in [1.807, 2.05) is 54.6 Å². The van der Waals surface area contributed by atoms with E-state index in [4.69, 9.17) is 5.26 Å². The molecular formula is C20H12N4. The summed E-state index contributed by atoms with van der Waals surface area (Å²) in [6.07, 6.45) is 0. The van der Waals surface area contributed by atoms with Gasteiger partial charge in [0.2, 0.25) is 0 Å². The second-order valence-corrected chi connectivity index (χ2v) is 5.45. The lowest BCUT2D eigenvalue weighted by molar-refractivity contribution is 1.24. The van der Waals surface area contributed by atoms with Crippen LogP contribution in [-0.2, 0) is 0 Å². The molecule has 0 saturated carbocycles. The van der Waals surface area contributed by atoms with Crippen LogP contribution in [0.1, 0.15) is 11.1 Å². The van der Waals surface area contributed by atoms with Crippen molar-refractivity contribution in [3.63, 3.8) is 0 Å². The molecule has 0 atom stereocenters. The summed E-state index contributed by atoms with van der Waals surface area (Å²) in [6, 6.07) is 25.4. The monoisotopic (exact) mass is 308 g/mol. The van der Waals surface area contributed by atoms with E-state index in [0.717, 1.165) is 28.4 Å². The van der Waals surface area contributed by atoms with Crippen LogP contribution in [-0.4, -0.2) is 0 Å². The molecule has 0 fully saturated rings. The topological polar surface area (TPSA) is 62.9 Å². The number of nitrogens with zero attached hydrogens (tertiary/aromatic N) is 3. The van der Waals surface area contributed by atoms with Crippen molar-refractivity contribution >= 4 is 28.4 Å². The lowest BCUT2D eigenvalue weighted by Gasteiger charge is -2.34. The summed E-state index contributed by atoms with van der Waals surface area (Å²) < 4.78 is 0. The van der Waals surface area contributed by atoms with Gasteiger partial charge >= 0.3 is 0 Å². The number of nitrogens with one attached hydrogen (secondary N) is 1. The molecule has 0 aliphatic carbocycles. The van der Waals surface area contributed by atoms with Crippen LogP contribution in [0.2, 0.25) is 0 Å². The third-order valence-electron chi connectivity index (χ3n) is 4.05. The van der Waals surface area contributed by atoms with Crippen molar-refractivity contribution in [3.8, 4) is 12.1 Å². The molecular weight excluding hydrogens is 296 g/mol. The normalized spacial score (nSPS) is 11.5. The predicted molar refractivity (Wildman–Crippen MR) is 93.8 cm³/mol. The maximum Gasteiger partial charge on any atom is 0.101 e. The molecule has 3 aromatic carbocycles. The van der Waals surface area contributed by atoms with E-state index < -0.39 is 0 Å². The number of para-hydroxylation sites is 4. The van der Waals surface area contributed by atoms with E-state index in [0.29, 0.717) is 11.1 Å². The molecule has 4 nitrogen and oxygen atoms in total. The first-order valence-corrected chi connectivity index (χ1v) is 7.51. The van der Waals surface area contributed by atoms with E-state index in [-0.39, 0.29) is 0 Å².